The summed E-state index contributed by atoms with van der Waals surface area (Å²) in [5.74, 6) is 0.294. The first-order valence-electron chi connectivity index (χ1n) is 2.80. The minimum atomic E-state index is 0.294. The molecule has 3 heteroatoms. The van der Waals surface area contributed by atoms with E-state index in [4.69, 9.17) is 5.73 Å². The normalized spacial score (nSPS) is 9.00. The summed E-state index contributed by atoms with van der Waals surface area (Å²) in [6.07, 6.45) is 1.41. The quantitative estimate of drug-likeness (QED) is 0.346. The molecule has 0 aliphatic rings. The highest BCUT2D eigenvalue weighted by Gasteiger charge is 1.74. The van der Waals surface area contributed by atoms with Crippen LogP contribution in [0.4, 0.5) is 0 Å². The van der Waals surface area contributed by atoms with Crippen molar-refractivity contribution in [1.29, 1.82) is 0 Å². The summed E-state index contributed by atoms with van der Waals surface area (Å²) in [4.78, 5) is 4.29. The molecule has 0 aromatic rings. The first kappa shape index (κ1) is 10.9. The maximum Gasteiger partial charge on any atom is 0.162 e. The molecular weight excluding hydrogens is 116 g/mol. The van der Waals surface area contributed by atoms with Gasteiger partial charge in [0.1, 0.15) is 7.11 Å². The highest BCUT2D eigenvalue weighted by molar-refractivity contribution is 5.90. The van der Waals surface area contributed by atoms with Gasteiger partial charge in [-0.25, -0.2) is 0 Å². The molecule has 54 valence electrons. The van der Waals surface area contributed by atoms with Crippen LogP contribution in [0.15, 0.2) is 17.8 Å². The molecule has 0 saturated carbocycles. The van der Waals surface area contributed by atoms with E-state index in [1.807, 2.05) is 13.8 Å². The van der Waals surface area contributed by atoms with Crippen molar-refractivity contribution >= 4 is 5.84 Å². The fourth-order valence-corrected chi connectivity index (χ4v) is 0.143. The molecule has 0 radical (unpaired) electrons. The second kappa shape index (κ2) is 10.1. The van der Waals surface area contributed by atoms with Gasteiger partial charge in [0.15, 0.2) is 5.84 Å². The molecule has 0 aliphatic heterocycles. The Morgan fingerprint density at radius 3 is 2.22 bits per heavy atom. The predicted molar refractivity (Wildman–Crippen MR) is 40.2 cm³/mol. The van der Waals surface area contributed by atoms with E-state index in [1.165, 1.54) is 13.2 Å². The average Bonchev–Trinajstić information content (AvgIpc) is 1.93. The minimum Gasteiger partial charge on any atom is -0.397 e. The fourth-order valence-electron chi connectivity index (χ4n) is 0.143. The molecular formula is C6H14N2O. The Bertz CT molecular complexity index is 89.1. The van der Waals surface area contributed by atoms with Gasteiger partial charge in [-0.3, -0.25) is 0 Å². The topological polar surface area (TPSA) is 47.6 Å². The van der Waals surface area contributed by atoms with Crippen LogP contribution < -0.4 is 5.73 Å². The van der Waals surface area contributed by atoms with Crippen LogP contribution in [0.3, 0.4) is 0 Å². The van der Waals surface area contributed by atoms with Crippen LogP contribution in [-0.4, -0.2) is 12.9 Å². The van der Waals surface area contributed by atoms with E-state index in [0.717, 1.165) is 0 Å². The van der Waals surface area contributed by atoms with Crippen LogP contribution in [-0.2, 0) is 4.84 Å². The molecule has 0 aliphatic carbocycles. The summed E-state index contributed by atoms with van der Waals surface area (Å²) in [5.41, 5.74) is 5.09. The highest BCUT2D eigenvalue weighted by Crippen LogP contribution is 1.68. The maximum atomic E-state index is 5.09. The first-order valence-corrected chi connectivity index (χ1v) is 2.80. The number of nitrogens with zero attached hydrogens (tertiary/aromatic N) is 1. The van der Waals surface area contributed by atoms with Gasteiger partial charge >= 0.3 is 0 Å². The molecule has 2 N–H and O–H groups in total. The van der Waals surface area contributed by atoms with Crippen LogP contribution in [0.2, 0.25) is 0 Å². The van der Waals surface area contributed by atoms with Gasteiger partial charge in [-0.2, -0.15) is 0 Å². The number of amidine groups is 1. The van der Waals surface area contributed by atoms with Crippen LogP contribution >= 0.6 is 0 Å². The third-order valence-corrected chi connectivity index (χ3v) is 0.406. The van der Waals surface area contributed by atoms with E-state index < -0.39 is 0 Å². The van der Waals surface area contributed by atoms with Gasteiger partial charge < -0.3 is 10.6 Å². The second-order valence-electron chi connectivity index (χ2n) is 0.903. The Balaban J connectivity index is 0. The molecule has 0 saturated heterocycles. The summed E-state index contributed by atoms with van der Waals surface area (Å²) >= 11 is 0. The predicted octanol–water partition coefficient (Wildman–Crippen LogP) is 1.12. The van der Waals surface area contributed by atoms with E-state index in [1.54, 1.807) is 0 Å². The number of hydrogen-bond donors (Lipinski definition) is 1. The smallest absolute Gasteiger partial charge is 0.162 e. The van der Waals surface area contributed by atoms with Crippen LogP contribution in [0.1, 0.15) is 13.8 Å². The van der Waals surface area contributed by atoms with Crippen molar-refractivity contribution in [3.8, 4) is 0 Å². The molecule has 0 unspecified atom stereocenters. The molecule has 0 fully saturated rings. The summed E-state index contributed by atoms with van der Waals surface area (Å²) < 4.78 is 0. The lowest BCUT2D eigenvalue weighted by molar-refractivity contribution is 0.213. The van der Waals surface area contributed by atoms with Crippen molar-refractivity contribution in [3.05, 3.63) is 12.7 Å². The molecule has 0 aromatic heterocycles. The first-order chi connectivity index (χ1) is 4.31. The molecule has 0 atom stereocenters. The van der Waals surface area contributed by atoms with Crippen molar-refractivity contribution in [3.63, 3.8) is 0 Å². The van der Waals surface area contributed by atoms with Crippen molar-refractivity contribution in [1.82, 2.24) is 0 Å². The van der Waals surface area contributed by atoms with Crippen molar-refractivity contribution in [2.75, 3.05) is 7.11 Å². The summed E-state index contributed by atoms with van der Waals surface area (Å²) in [6.45, 7) is 7.34. The van der Waals surface area contributed by atoms with E-state index >= 15 is 0 Å². The Kier molecular flexibility index (Phi) is 12.2. The number of hydrogen-bond acceptors (Lipinski definition) is 2. The van der Waals surface area contributed by atoms with Gasteiger partial charge in [0, 0.05) is 0 Å². The fraction of sp³-hybridized carbons (Fsp3) is 0.500. The van der Waals surface area contributed by atoms with Gasteiger partial charge in [-0.1, -0.05) is 25.6 Å². The SMILES string of the molecule is C=C/C(N)=N\OC.CC. The van der Waals surface area contributed by atoms with Crippen LogP contribution in [0, 0.1) is 0 Å². The third kappa shape index (κ3) is 10.9. The minimum absolute atomic E-state index is 0.294. The lowest BCUT2D eigenvalue weighted by Gasteiger charge is -1.85. The van der Waals surface area contributed by atoms with Crippen LogP contribution in [0.25, 0.3) is 0 Å². The van der Waals surface area contributed by atoms with Crippen molar-refractivity contribution in [2.45, 2.75) is 13.8 Å². The van der Waals surface area contributed by atoms with E-state index in [2.05, 4.69) is 16.6 Å². The van der Waals surface area contributed by atoms with Gasteiger partial charge in [0.2, 0.25) is 0 Å². The lowest BCUT2D eigenvalue weighted by atomic mass is 10.6. The molecule has 0 heterocycles. The Morgan fingerprint density at radius 2 is 2.11 bits per heavy atom. The number of nitrogens with two attached hydrogens (primary N) is 1. The van der Waals surface area contributed by atoms with E-state index in [0.29, 0.717) is 5.84 Å². The van der Waals surface area contributed by atoms with Crippen LogP contribution in [0.5, 0.6) is 0 Å². The molecule has 9 heavy (non-hydrogen) atoms. The maximum absolute atomic E-state index is 5.09. The zero-order valence-electron chi connectivity index (χ0n) is 6.22. The third-order valence-electron chi connectivity index (χ3n) is 0.406. The van der Waals surface area contributed by atoms with Gasteiger partial charge in [0.05, 0.1) is 0 Å². The molecule has 0 bridgehead atoms. The standard InChI is InChI=1S/C4H8N2O.C2H6/c1-3-4(5)6-7-2;1-2/h3H,1H2,2H3,(H2,5,6);1-2H3. The Labute approximate surface area is 56.2 Å². The zero-order chi connectivity index (χ0) is 7.70. The monoisotopic (exact) mass is 130 g/mol. The van der Waals surface area contributed by atoms with E-state index in [9.17, 15) is 0 Å². The average molecular weight is 130 g/mol. The largest absolute Gasteiger partial charge is 0.397 e. The molecule has 0 rings (SSSR count). The van der Waals surface area contributed by atoms with Crippen molar-refractivity contribution in [2.24, 2.45) is 10.9 Å². The molecule has 0 amide bonds. The van der Waals surface area contributed by atoms with E-state index in [-0.39, 0.29) is 0 Å². The van der Waals surface area contributed by atoms with Crippen molar-refractivity contribution < 1.29 is 4.84 Å². The van der Waals surface area contributed by atoms with Gasteiger partial charge in [-0.05, 0) is 6.08 Å². The zero-order valence-corrected chi connectivity index (χ0v) is 6.22. The summed E-state index contributed by atoms with van der Waals surface area (Å²) in [6, 6.07) is 0. The lowest BCUT2D eigenvalue weighted by Crippen LogP contribution is -2.06. The summed E-state index contributed by atoms with van der Waals surface area (Å²) in [7, 11) is 1.43. The molecule has 3 nitrogen and oxygen atoms in total. The summed E-state index contributed by atoms with van der Waals surface area (Å²) in [5, 5.41) is 3.32. The van der Waals surface area contributed by atoms with Gasteiger partial charge in [0.25, 0.3) is 0 Å². The van der Waals surface area contributed by atoms with Gasteiger partial charge in [-0.15, -0.1) is 0 Å². The Morgan fingerprint density at radius 1 is 1.67 bits per heavy atom. The number of oxime groups is 1. The molecule has 0 spiro atoms. The highest BCUT2D eigenvalue weighted by atomic mass is 16.6. The Hall–Kier alpha value is -0.990. The number of rotatable bonds is 2. The molecule has 0 aromatic carbocycles. The second-order valence-corrected chi connectivity index (χ2v) is 0.903.